The van der Waals surface area contributed by atoms with Gasteiger partial charge in [0.1, 0.15) is 0 Å². The number of nitrogens with zero attached hydrogens (tertiary/aromatic N) is 2. The van der Waals surface area contributed by atoms with E-state index in [0.717, 1.165) is 37.8 Å². The Balaban J connectivity index is 2.30. The van der Waals surface area contributed by atoms with E-state index in [9.17, 15) is 0 Å². The minimum absolute atomic E-state index is 0.424. The average Bonchev–Trinajstić information content (AvgIpc) is 2.17. The molecule has 1 radical (unpaired) electrons. The molecule has 0 amide bonds. The van der Waals surface area contributed by atoms with Gasteiger partial charge in [0.15, 0.2) is 5.11 Å². The number of nitrogens with one attached hydrogen (secondary N) is 1. The van der Waals surface area contributed by atoms with Gasteiger partial charge in [0, 0.05) is 32.2 Å². The highest BCUT2D eigenvalue weighted by molar-refractivity contribution is 7.80. The topological polar surface area (TPSA) is 18.5 Å². The zero-order chi connectivity index (χ0) is 10.6. The van der Waals surface area contributed by atoms with Crippen molar-refractivity contribution in [3.05, 3.63) is 6.92 Å². The Morgan fingerprint density at radius 1 is 1.36 bits per heavy atom. The van der Waals surface area contributed by atoms with Gasteiger partial charge < -0.3 is 10.2 Å². The Labute approximate surface area is 92.4 Å². The molecule has 0 unspecified atom stereocenters. The summed E-state index contributed by atoms with van der Waals surface area (Å²) in [5.74, 6) is 0. The van der Waals surface area contributed by atoms with Crippen LogP contribution in [0.25, 0.3) is 0 Å². The molecule has 3 nitrogen and oxygen atoms in total. The van der Waals surface area contributed by atoms with Crippen LogP contribution in [0, 0.1) is 6.92 Å². The highest BCUT2D eigenvalue weighted by Crippen LogP contribution is 2.01. The molecule has 0 saturated carbocycles. The molecule has 1 rings (SSSR count). The number of thiocarbonyl (C=S) groups is 1. The largest absolute Gasteiger partial charge is 0.360 e. The van der Waals surface area contributed by atoms with Crippen LogP contribution in [0.5, 0.6) is 0 Å². The fraction of sp³-hybridized carbons (Fsp3) is 0.800. The molecule has 14 heavy (non-hydrogen) atoms. The van der Waals surface area contributed by atoms with E-state index in [-0.39, 0.29) is 0 Å². The Kier molecular flexibility index (Phi) is 4.62. The molecule has 1 N–H and O–H groups in total. The molecule has 0 spiro atoms. The van der Waals surface area contributed by atoms with Crippen molar-refractivity contribution in [2.45, 2.75) is 19.9 Å². The maximum absolute atomic E-state index is 5.31. The van der Waals surface area contributed by atoms with Gasteiger partial charge in [-0.05, 0) is 39.5 Å². The summed E-state index contributed by atoms with van der Waals surface area (Å²) in [4.78, 5) is 4.58. The lowest BCUT2D eigenvalue weighted by molar-refractivity contribution is 0.195. The van der Waals surface area contributed by atoms with E-state index in [0.29, 0.717) is 6.04 Å². The van der Waals surface area contributed by atoms with Gasteiger partial charge in [-0.1, -0.05) is 0 Å². The maximum atomic E-state index is 5.31. The first-order chi connectivity index (χ1) is 6.63. The molecule has 0 aliphatic carbocycles. The van der Waals surface area contributed by atoms with Crippen LogP contribution in [0.1, 0.15) is 13.8 Å². The van der Waals surface area contributed by atoms with Crippen molar-refractivity contribution >= 4 is 17.3 Å². The van der Waals surface area contributed by atoms with E-state index >= 15 is 0 Å². The molecule has 0 aromatic rings. The quantitative estimate of drug-likeness (QED) is 0.683. The van der Waals surface area contributed by atoms with Gasteiger partial charge in [0.25, 0.3) is 0 Å². The highest BCUT2D eigenvalue weighted by atomic mass is 32.1. The van der Waals surface area contributed by atoms with Gasteiger partial charge in [0.2, 0.25) is 0 Å². The number of rotatable bonds is 2. The van der Waals surface area contributed by atoms with Crippen molar-refractivity contribution < 1.29 is 0 Å². The first kappa shape index (κ1) is 11.7. The third-order valence-electron chi connectivity index (χ3n) is 2.39. The molecule has 0 bridgehead atoms. The Bertz CT molecular complexity index is 186. The second kappa shape index (κ2) is 5.51. The van der Waals surface area contributed by atoms with Crippen molar-refractivity contribution in [2.24, 2.45) is 0 Å². The molecule has 0 aromatic heterocycles. The van der Waals surface area contributed by atoms with Gasteiger partial charge >= 0.3 is 0 Å². The van der Waals surface area contributed by atoms with E-state index < -0.39 is 0 Å². The van der Waals surface area contributed by atoms with Gasteiger partial charge in [-0.15, -0.1) is 0 Å². The average molecular weight is 214 g/mol. The molecule has 1 saturated heterocycles. The van der Waals surface area contributed by atoms with Crippen molar-refractivity contribution in [2.75, 3.05) is 32.7 Å². The van der Waals surface area contributed by atoms with Crippen LogP contribution < -0.4 is 5.32 Å². The predicted molar refractivity (Wildman–Crippen MR) is 64.2 cm³/mol. The smallest absolute Gasteiger partial charge is 0.169 e. The van der Waals surface area contributed by atoms with Crippen molar-refractivity contribution in [1.29, 1.82) is 0 Å². The van der Waals surface area contributed by atoms with E-state index in [1.807, 2.05) is 0 Å². The fourth-order valence-electron chi connectivity index (χ4n) is 1.51. The summed E-state index contributed by atoms with van der Waals surface area (Å²) in [5.41, 5.74) is 0. The van der Waals surface area contributed by atoms with E-state index in [4.69, 9.17) is 12.2 Å². The lowest BCUT2D eigenvalue weighted by Gasteiger charge is -2.36. The fourth-order valence-corrected chi connectivity index (χ4v) is 1.93. The molecule has 81 valence electrons. The van der Waals surface area contributed by atoms with Gasteiger partial charge in [-0.3, -0.25) is 4.90 Å². The highest BCUT2D eigenvalue weighted by Gasteiger charge is 2.17. The summed E-state index contributed by atoms with van der Waals surface area (Å²) in [6.45, 7) is 13.2. The monoisotopic (exact) mass is 214 g/mol. The summed E-state index contributed by atoms with van der Waals surface area (Å²) in [6, 6.07) is 0.424. The maximum Gasteiger partial charge on any atom is 0.169 e. The van der Waals surface area contributed by atoms with Crippen LogP contribution in [0.15, 0.2) is 0 Å². The van der Waals surface area contributed by atoms with Crippen LogP contribution in [-0.4, -0.2) is 53.7 Å². The van der Waals surface area contributed by atoms with Crippen molar-refractivity contribution in [3.63, 3.8) is 0 Å². The van der Waals surface area contributed by atoms with Crippen LogP contribution in [-0.2, 0) is 0 Å². The standard InChI is InChI=1S/C10H20N3S/c1-4-12-5-7-13(8-6-12)10(14)11-9(2)3/h9H,1,4-8H2,2-3H3,(H,11,14). The van der Waals surface area contributed by atoms with Gasteiger partial charge in [-0.2, -0.15) is 0 Å². The number of hydrogen-bond acceptors (Lipinski definition) is 2. The zero-order valence-electron chi connectivity index (χ0n) is 9.12. The summed E-state index contributed by atoms with van der Waals surface area (Å²) in [5, 5.41) is 4.16. The molecule has 1 heterocycles. The van der Waals surface area contributed by atoms with Crippen LogP contribution in [0.2, 0.25) is 0 Å². The van der Waals surface area contributed by atoms with Crippen LogP contribution >= 0.6 is 12.2 Å². The van der Waals surface area contributed by atoms with Crippen molar-refractivity contribution in [1.82, 2.24) is 15.1 Å². The summed E-state index contributed by atoms with van der Waals surface area (Å²) in [6.07, 6.45) is 0. The third-order valence-corrected chi connectivity index (χ3v) is 2.76. The minimum atomic E-state index is 0.424. The molecule has 0 atom stereocenters. The minimum Gasteiger partial charge on any atom is -0.360 e. The van der Waals surface area contributed by atoms with Gasteiger partial charge in [-0.25, -0.2) is 0 Å². The van der Waals surface area contributed by atoms with E-state index in [2.05, 4.69) is 35.9 Å². The van der Waals surface area contributed by atoms with E-state index in [1.165, 1.54) is 0 Å². The normalized spacial score (nSPS) is 18.7. The Hall–Kier alpha value is -0.350. The third kappa shape index (κ3) is 3.42. The van der Waals surface area contributed by atoms with Gasteiger partial charge in [0.05, 0.1) is 0 Å². The lowest BCUT2D eigenvalue weighted by atomic mass is 10.3. The summed E-state index contributed by atoms with van der Waals surface area (Å²) >= 11 is 5.31. The number of piperazine rings is 1. The second-order valence-electron chi connectivity index (χ2n) is 3.93. The molecular weight excluding hydrogens is 194 g/mol. The van der Waals surface area contributed by atoms with Crippen molar-refractivity contribution in [3.8, 4) is 0 Å². The molecule has 1 aliphatic heterocycles. The molecule has 4 heteroatoms. The summed E-state index contributed by atoms with van der Waals surface area (Å²) < 4.78 is 0. The SMILES string of the molecule is [CH2]CN1CCN(C(=S)NC(C)C)CC1. The summed E-state index contributed by atoms with van der Waals surface area (Å²) in [7, 11) is 0. The molecule has 1 fully saturated rings. The first-order valence-electron chi connectivity index (χ1n) is 5.20. The van der Waals surface area contributed by atoms with Crippen LogP contribution in [0.4, 0.5) is 0 Å². The zero-order valence-corrected chi connectivity index (χ0v) is 9.94. The molecule has 1 aliphatic rings. The second-order valence-corrected chi connectivity index (χ2v) is 4.32. The van der Waals surface area contributed by atoms with Crippen LogP contribution in [0.3, 0.4) is 0 Å². The first-order valence-corrected chi connectivity index (χ1v) is 5.61. The lowest BCUT2D eigenvalue weighted by Crippen LogP contribution is -2.52. The van der Waals surface area contributed by atoms with E-state index in [1.54, 1.807) is 0 Å². The Morgan fingerprint density at radius 3 is 2.36 bits per heavy atom. The Morgan fingerprint density at radius 2 is 1.93 bits per heavy atom. The molecular formula is C10H20N3S. The number of hydrogen-bond donors (Lipinski definition) is 1. The predicted octanol–water partition coefficient (Wildman–Crippen LogP) is 0.721. The molecule has 0 aromatic carbocycles.